The first kappa shape index (κ1) is 21.2. The number of halogens is 4. The number of nitrogens with zero attached hydrogens (tertiary/aromatic N) is 3. The lowest BCUT2D eigenvalue weighted by atomic mass is 10.1. The lowest BCUT2D eigenvalue weighted by Gasteiger charge is -2.27. The van der Waals surface area contributed by atoms with Gasteiger partial charge in [0.05, 0.1) is 17.4 Å². The third-order valence-corrected chi connectivity index (χ3v) is 5.54. The molecule has 2 aromatic rings. The summed E-state index contributed by atoms with van der Waals surface area (Å²) in [6.07, 6.45) is 0. The van der Waals surface area contributed by atoms with Gasteiger partial charge in [-0.15, -0.1) is 0 Å². The van der Waals surface area contributed by atoms with Crippen LogP contribution < -0.4 is 4.31 Å². The molecule has 0 amide bonds. The van der Waals surface area contributed by atoms with Crippen molar-refractivity contribution in [1.29, 1.82) is 0 Å². The zero-order chi connectivity index (χ0) is 20.2. The van der Waals surface area contributed by atoms with E-state index >= 15 is 0 Å². The molecule has 1 atom stereocenters. The van der Waals surface area contributed by atoms with Gasteiger partial charge in [0.1, 0.15) is 0 Å². The maximum Gasteiger partial charge on any atom is 0.516 e. The fourth-order valence-electron chi connectivity index (χ4n) is 2.39. The van der Waals surface area contributed by atoms with Gasteiger partial charge in [-0.2, -0.15) is 31.8 Å². The summed E-state index contributed by atoms with van der Waals surface area (Å²) in [6.45, 7) is 2.51. The van der Waals surface area contributed by atoms with Crippen LogP contribution in [-0.4, -0.2) is 20.5 Å². The summed E-state index contributed by atoms with van der Waals surface area (Å²) in [4.78, 5) is 0. The quantitative estimate of drug-likeness (QED) is 0.550. The summed E-state index contributed by atoms with van der Waals surface area (Å²) >= 11 is 5.97. The Hall–Kier alpha value is -2.13. The van der Waals surface area contributed by atoms with Gasteiger partial charge < -0.3 is 0 Å². The van der Waals surface area contributed by atoms with Crippen molar-refractivity contribution >= 4 is 33.0 Å². The molecule has 2 rings (SSSR count). The third-order valence-electron chi connectivity index (χ3n) is 3.68. The first-order valence-electron chi connectivity index (χ1n) is 7.92. The second-order valence-electron chi connectivity index (χ2n) is 5.55. The molecule has 1 unspecified atom stereocenters. The minimum absolute atomic E-state index is 0.140. The van der Waals surface area contributed by atoms with E-state index in [0.29, 0.717) is 9.99 Å². The Bertz CT molecular complexity index is 919. The van der Waals surface area contributed by atoms with Gasteiger partial charge in [-0.25, -0.2) is 0 Å². The summed E-state index contributed by atoms with van der Waals surface area (Å²) in [7, 11) is -5.56. The van der Waals surface area contributed by atoms with Gasteiger partial charge in [0.2, 0.25) is 0 Å². The maximum atomic E-state index is 13.0. The van der Waals surface area contributed by atoms with Crippen molar-refractivity contribution in [3.05, 3.63) is 59.1 Å². The van der Waals surface area contributed by atoms with Gasteiger partial charge in [0.25, 0.3) is 0 Å². The smallest absolute Gasteiger partial charge is 0.263 e. The first-order valence-corrected chi connectivity index (χ1v) is 9.74. The van der Waals surface area contributed by atoms with Crippen LogP contribution in [0.3, 0.4) is 0 Å². The van der Waals surface area contributed by atoms with Crippen LogP contribution in [0.5, 0.6) is 0 Å². The molecule has 146 valence electrons. The van der Waals surface area contributed by atoms with Gasteiger partial charge in [-0.1, -0.05) is 29.8 Å². The molecule has 0 spiro atoms. The van der Waals surface area contributed by atoms with Crippen molar-refractivity contribution in [2.75, 3.05) is 10.8 Å². The van der Waals surface area contributed by atoms with Crippen molar-refractivity contribution < 1.29 is 21.6 Å². The van der Waals surface area contributed by atoms with Crippen LogP contribution in [0.1, 0.15) is 25.5 Å². The molecular formula is C17H17ClF3N3O2S. The predicted molar refractivity (Wildman–Crippen MR) is 98.8 cm³/mol. The van der Waals surface area contributed by atoms with E-state index in [9.17, 15) is 21.6 Å². The number of benzene rings is 2. The number of hydrogen-bond acceptors (Lipinski definition) is 4. The lowest BCUT2D eigenvalue weighted by Crippen LogP contribution is -2.41. The van der Waals surface area contributed by atoms with Crippen LogP contribution in [0.15, 0.2) is 58.8 Å². The molecule has 0 N–H and O–H groups in total. The maximum absolute atomic E-state index is 13.0. The molecule has 5 nitrogen and oxygen atoms in total. The number of alkyl halides is 3. The topological polar surface area (TPSA) is 62.1 Å². The Labute approximate surface area is 160 Å². The van der Waals surface area contributed by atoms with E-state index in [1.807, 2.05) is 0 Å². The molecule has 0 aliphatic rings. The van der Waals surface area contributed by atoms with Crippen molar-refractivity contribution in [2.24, 2.45) is 10.2 Å². The molecule has 10 heteroatoms. The van der Waals surface area contributed by atoms with Crippen LogP contribution in [0.4, 0.5) is 24.5 Å². The molecular weight excluding hydrogens is 403 g/mol. The fourth-order valence-corrected chi connectivity index (χ4v) is 3.59. The highest BCUT2D eigenvalue weighted by atomic mass is 35.5. The average Bonchev–Trinajstić information content (AvgIpc) is 2.61. The fraction of sp³-hybridized carbons (Fsp3) is 0.294. The van der Waals surface area contributed by atoms with E-state index in [1.54, 1.807) is 37.3 Å². The standard InChI is InChI=1S/C17H17ClF3N3O2S/c1-3-24(27(25,26)17(19,20)21)16-10-9-13(18)11-15(16)12(2)22-23-14-7-5-4-6-8-14/h4-12H,3H2,1-2H3. The zero-order valence-corrected chi connectivity index (χ0v) is 16.1. The minimum atomic E-state index is -5.56. The highest BCUT2D eigenvalue weighted by Crippen LogP contribution is 2.37. The van der Waals surface area contributed by atoms with Crippen molar-refractivity contribution in [2.45, 2.75) is 25.4 Å². The molecule has 0 heterocycles. The van der Waals surface area contributed by atoms with Crippen molar-refractivity contribution in [3.8, 4) is 0 Å². The molecule has 2 aromatic carbocycles. The Morgan fingerprint density at radius 2 is 1.78 bits per heavy atom. The van der Waals surface area contributed by atoms with Crippen LogP contribution in [0, 0.1) is 0 Å². The van der Waals surface area contributed by atoms with Crippen LogP contribution >= 0.6 is 11.6 Å². The van der Waals surface area contributed by atoms with Crippen LogP contribution in [0.2, 0.25) is 5.02 Å². The molecule has 0 radical (unpaired) electrons. The average molecular weight is 420 g/mol. The van der Waals surface area contributed by atoms with Gasteiger partial charge in [0, 0.05) is 17.1 Å². The Morgan fingerprint density at radius 1 is 1.15 bits per heavy atom. The first-order chi connectivity index (χ1) is 12.6. The Kier molecular flexibility index (Phi) is 6.48. The number of azo groups is 1. The highest BCUT2D eigenvalue weighted by Gasteiger charge is 2.50. The SMILES string of the molecule is CCN(c1ccc(Cl)cc1C(C)N=Nc1ccccc1)S(=O)(=O)C(F)(F)F. The molecule has 0 aliphatic carbocycles. The molecule has 0 bridgehead atoms. The van der Waals surface area contributed by atoms with Gasteiger partial charge in [0.15, 0.2) is 0 Å². The second-order valence-corrected chi connectivity index (χ2v) is 7.84. The largest absolute Gasteiger partial charge is 0.516 e. The third kappa shape index (κ3) is 4.78. The minimum Gasteiger partial charge on any atom is -0.263 e. The number of hydrogen-bond donors (Lipinski definition) is 0. The summed E-state index contributed by atoms with van der Waals surface area (Å²) < 4.78 is 63.3. The van der Waals surface area contributed by atoms with E-state index in [-0.39, 0.29) is 16.3 Å². The van der Waals surface area contributed by atoms with Crippen molar-refractivity contribution in [1.82, 2.24) is 0 Å². The zero-order valence-electron chi connectivity index (χ0n) is 14.5. The summed E-state index contributed by atoms with van der Waals surface area (Å²) in [6, 6.07) is 12.0. The van der Waals surface area contributed by atoms with Gasteiger partial charge >= 0.3 is 15.5 Å². The van der Waals surface area contributed by atoms with Crippen molar-refractivity contribution in [3.63, 3.8) is 0 Å². The predicted octanol–water partition coefficient (Wildman–Crippen LogP) is 5.86. The van der Waals surface area contributed by atoms with E-state index in [2.05, 4.69) is 10.2 Å². The molecule has 0 aromatic heterocycles. The van der Waals surface area contributed by atoms with E-state index in [1.165, 1.54) is 25.1 Å². The van der Waals surface area contributed by atoms with Gasteiger partial charge in [-0.3, -0.25) is 4.31 Å². The highest BCUT2D eigenvalue weighted by molar-refractivity contribution is 7.93. The summed E-state index contributed by atoms with van der Waals surface area (Å²) in [5.74, 6) is 0. The summed E-state index contributed by atoms with van der Waals surface area (Å²) in [5, 5.41) is 8.38. The molecule has 0 fully saturated rings. The van der Waals surface area contributed by atoms with E-state index in [4.69, 9.17) is 11.6 Å². The van der Waals surface area contributed by atoms with Crippen LogP contribution in [-0.2, 0) is 10.0 Å². The number of anilines is 1. The number of sulfonamides is 1. The molecule has 0 saturated heterocycles. The monoisotopic (exact) mass is 419 g/mol. The second kappa shape index (κ2) is 8.26. The lowest BCUT2D eigenvalue weighted by molar-refractivity contribution is -0.0438. The number of rotatable bonds is 6. The molecule has 0 aliphatic heterocycles. The molecule has 27 heavy (non-hydrogen) atoms. The van der Waals surface area contributed by atoms with Crippen LogP contribution in [0.25, 0.3) is 0 Å². The Morgan fingerprint density at radius 3 is 2.33 bits per heavy atom. The Balaban J connectivity index is 2.49. The van der Waals surface area contributed by atoms with Gasteiger partial charge in [-0.05, 0) is 44.2 Å². The molecule has 0 saturated carbocycles. The summed E-state index contributed by atoms with van der Waals surface area (Å²) in [5.41, 5.74) is -4.78. The normalized spacial score (nSPS) is 13.7. The van der Waals surface area contributed by atoms with E-state index < -0.39 is 28.1 Å². The van der Waals surface area contributed by atoms with E-state index in [0.717, 1.165) is 0 Å².